The number of nitrogens with one attached hydrogen (secondary N) is 1. The second kappa shape index (κ2) is 8.19. The minimum absolute atomic E-state index is 0.0375. The molecule has 0 aliphatic rings. The highest BCUT2D eigenvalue weighted by Crippen LogP contribution is 2.32. The van der Waals surface area contributed by atoms with Gasteiger partial charge in [0, 0.05) is 21.3 Å². The van der Waals surface area contributed by atoms with E-state index in [4.69, 9.17) is 0 Å². The lowest BCUT2D eigenvalue weighted by atomic mass is 10.2. The number of rotatable bonds is 7. The minimum Gasteiger partial charge on any atom is -0.353 e. The summed E-state index contributed by atoms with van der Waals surface area (Å²) in [7, 11) is 4.07. The number of hydrogen-bond donors (Lipinski definition) is 1. The predicted octanol–water partition coefficient (Wildman–Crippen LogP) is 3.63. The largest absolute Gasteiger partial charge is 0.353 e. The number of amides is 1. The van der Waals surface area contributed by atoms with Gasteiger partial charge in [-0.15, -0.1) is 22.7 Å². The fraction of sp³-hybridized carbons (Fsp3) is 0.467. The van der Waals surface area contributed by atoms with E-state index in [-0.39, 0.29) is 11.9 Å². The zero-order valence-corrected chi connectivity index (χ0v) is 16.1. The molecule has 1 unspecified atom stereocenters. The third-order valence-electron chi connectivity index (χ3n) is 3.09. The Bertz CT molecular complexity index is 624. The zero-order valence-electron chi connectivity index (χ0n) is 12.9. The highest BCUT2D eigenvalue weighted by Gasteiger charge is 2.12. The zero-order chi connectivity index (χ0) is 16.1. The Morgan fingerprint density at radius 2 is 2.18 bits per heavy atom. The summed E-state index contributed by atoms with van der Waals surface area (Å²) in [5.41, 5.74) is 0.835. The van der Waals surface area contributed by atoms with Crippen LogP contribution in [0.25, 0.3) is 9.88 Å². The molecule has 0 fully saturated rings. The van der Waals surface area contributed by atoms with Crippen molar-refractivity contribution in [3.05, 3.63) is 27.0 Å². The predicted molar refractivity (Wildman–Crippen MR) is 97.6 cm³/mol. The lowest BCUT2D eigenvalue weighted by molar-refractivity contribution is -0.121. The van der Waals surface area contributed by atoms with Crippen LogP contribution in [0.1, 0.15) is 19.0 Å². The second-order valence-electron chi connectivity index (χ2n) is 5.51. The van der Waals surface area contributed by atoms with E-state index in [0.29, 0.717) is 6.42 Å². The quantitative estimate of drug-likeness (QED) is 0.769. The SMILES string of the molecule is CC(CCN(C)C)NC(=O)Cc1csc(-c2cc(Br)cs2)n1. The molecule has 120 valence electrons. The number of thiophene rings is 1. The van der Waals surface area contributed by atoms with Gasteiger partial charge in [-0.25, -0.2) is 4.98 Å². The van der Waals surface area contributed by atoms with E-state index < -0.39 is 0 Å². The number of nitrogens with zero attached hydrogens (tertiary/aromatic N) is 2. The monoisotopic (exact) mass is 401 g/mol. The van der Waals surface area contributed by atoms with Gasteiger partial charge in [0.2, 0.25) is 5.91 Å². The molecule has 0 spiro atoms. The van der Waals surface area contributed by atoms with Gasteiger partial charge >= 0.3 is 0 Å². The van der Waals surface area contributed by atoms with Gasteiger partial charge in [-0.3, -0.25) is 4.79 Å². The number of thiazole rings is 1. The molecule has 0 aliphatic carbocycles. The van der Waals surface area contributed by atoms with Crippen molar-refractivity contribution in [1.29, 1.82) is 0 Å². The Kier molecular flexibility index (Phi) is 6.55. The fourth-order valence-corrected chi connectivity index (χ4v) is 4.27. The number of carbonyl (C=O) groups is 1. The average molecular weight is 402 g/mol. The lowest BCUT2D eigenvalue weighted by Crippen LogP contribution is -2.35. The smallest absolute Gasteiger partial charge is 0.226 e. The van der Waals surface area contributed by atoms with Crippen molar-refractivity contribution in [3.8, 4) is 9.88 Å². The van der Waals surface area contributed by atoms with Gasteiger partial charge in [-0.2, -0.15) is 0 Å². The van der Waals surface area contributed by atoms with Crippen LogP contribution in [0.5, 0.6) is 0 Å². The summed E-state index contributed by atoms with van der Waals surface area (Å²) in [5.74, 6) is 0.0375. The standard InChI is InChI=1S/C15H20BrN3OS2/c1-10(4-5-19(2)3)17-14(20)7-12-9-22-15(18-12)13-6-11(16)8-21-13/h6,8-10H,4-5,7H2,1-3H3,(H,17,20). The molecule has 0 saturated carbocycles. The van der Waals surface area contributed by atoms with Crippen molar-refractivity contribution in [2.75, 3.05) is 20.6 Å². The van der Waals surface area contributed by atoms with Crippen LogP contribution in [0.15, 0.2) is 21.3 Å². The van der Waals surface area contributed by atoms with E-state index in [1.165, 1.54) is 0 Å². The van der Waals surface area contributed by atoms with E-state index in [0.717, 1.165) is 33.0 Å². The Labute approximate surface area is 147 Å². The molecule has 2 aromatic heterocycles. The third kappa shape index (κ3) is 5.46. The second-order valence-corrected chi connectivity index (χ2v) is 8.20. The fourth-order valence-electron chi connectivity index (χ4n) is 1.94. The lowest BCUT2D eigenvalue weighted by Gasteiger charge is -2.16. The Morgan fingerprint density at radius 3 is 2.82 bits per heavy atom. The first kappa shape index (κ1) is 17.6. The van der Waals surface area contributed by atoms with Crippen LogP contribution >= 0.6 is 38.6 Å². The molecule has 2 rings (SSSR count). The first-order valence-electron chi connectivity index (χ1n) is 7.07. The van der Waals surface area contributed by atoms with E-state index >= 15 is 0 Å². The highest BCUT2D eigenvalue weighted by molar-refractivity contribution is 9.10. The molecule has 0 radical (unpaired) electrons. The van der Waals surface area contributed by atoms with Crippen LogP contribution < -0.4 is 5.32 Å². The van der Waals surface area contributed by atoms with E-state index in [1.54, 1.807) is 22.7 Å². The first-order valence-corrected chi connectivity index (χ1v) is 9.62. The third-order valence-corrected chi connectivity index (χ3v) is 5.84. The molecule has 7 heteroatoms. The summed E-state index contributed by atoms with van der Waals surface area (Å²) in [6, 6.07) is 2.23. The molecule has 2 aromatic rings. The van der Waals surface area contributed by atoms with Crippen LogP contribution in [-0.4, -0.2) is 42.5 Å². The van der Waals surface area contributed by atoms with Gasteiger partial charge < -0.3 is 10.2 Å². The maximum Gasteiger partial charge on any atom is 0.226 e. The molecule has 0 aromatic carbocycles. The van der Waals surface area contributed by atoms with E-state index in [2.05, 4.69) is 37.2 Å². The van der Waals surface area contributed by atoms with Crippen LogP contribution in [-0.2, 0) is 11.2 Å². The number of hydrogen-bond acceptors (Lipinski definition) is 5. The van der Waals surface area contributed by atoms with Crippen LogP contribution in [0, 0.1) is 0 Å². The molecule has 4 nitrogen and oxygen atoms in total. The van der Waals surface area contributed by atoms with Crippen molar-refractivity contribution >= 4 is 44.5 Å². The molecule has 1 amide bonds. The van der Waals surface area contributed by atoms with Gasteiger partial charge in [0.1, 0.15) is 5.01 Å². The maximum atomic E-state index is 12.1. The van der Waals surface area contributed by atoms with Gasteiger partial charge in [-0.05, 0) is 56.0 Å². The molecule has 22 heavy (non-hydrogen) atoms. The van der Waals surface area contributed by atoms with Gasteiger partial charge in [0.15, 0.2) is 0 Å². The maximum absolute atomic E-state index is 12.1. The van der Waals surface area contributed by atoms with E-state index in [1.807, 2.05) is 31.8 Å². The topological polar surface area (TPSA) is 45.2 Å². The molecule has 2 heterocycles. The van der Waals surface area contributed by atoms with Crippen LogP contribution in [0.4, 0.5) is 0 Å². The molecule has 0 aliphatic heterocycles. The summed E-state index contributed by atoms with van der Waals surface area (Å²) in [4.78, 5) is 19.9. The summed E-state index contributed by atoms with van der Waals surface area (Å²) in [5, 5.41) is 8.00. The Morgan fingerprint density at radius 1 is 1.41 bits per heavy atom. The molecular weight excluding hydrogens is 382 g/mol. The number of carbonyl (C=O) groups excluding carboxylic acids is 1. The molecule has 1 N–H and O–H groups in total. The minimum atomic E-state index is 0.0375. The summed E-state index contributed by atoms with van der Waals surface area (Å²) in [6.07, 6.45) is 1.29. The van der Waals surface area contributed by atoms with Gasteiger partial charge in [0.25, 0.3) is 0 Å². The van der Waals surface area contributed by atoms with Crippen molar-refractivity contribution in [2.45, 2.75) is 25.8 Å². The van der Waals surface area contributed by atoms with Crippen molar-refractivity contribution < 1.29 is 4.79 Å². The summed E-state index contributed by atoms with van der Waals surface area (Å²) >= 11 is 6.68. The molecular formula is C15H20BrN3OS2. The number of aromatic nitrogens is 1. The van der Waals surface area contributed by atoms with Crippen molar-refractivity contribution in [3.63, 3.8) is 0 Å². The Balaban J connectivity index is 1.86. The van der Waals surface area contributed by atoms with Gasteiger partial charge in [-0.1, -0.05) is 0 Å². The summed E-state index contributed by atoms with van der Waals surface area (Å²) in [6.45, 7) is 3.01. The van der Waals surface area contributed by atoms with Crippen LogP contribution in [0.3, 0.4) is 0 Å². The normalized spacial score (nSPS) is 12.6. The molecule has 1 atom stereocenters. The van der Waals surface area contributed by atoms with Crippen molar-refractivity contribution in [1.82, 2.24) is 15.2 Å². The molecule has 0 bridgehead atoms. The van der Waals surface area contributed by atoms with Gasteiger partial charge in [0.05, 0.1) is 17.0 Å². The highest BCUT2D eigenvalue weighted by atomic mass is 79.9. The van der Waals surface area contributed by atoms with E-state index in [9.17, 15) is 4.79 Å². The molecule has 0 saturated heterocycles. The number of halogens is 1. The first-order chi connectivity index (χ1) is 10.4. The van der Waals surface area contributed by atoms with Crippen molar-refractivity contribution in [2.24, 2.45) is 0 Å². The van der Waals surface area contributed by atoms with Crippen LogP contribution in [0.2, 0.25) is 0 Å². The Hall–Kier alpha value is -0.760. The summed E-state index contributed by atoms with van der Waals surface area (Å²) < 4.78 is 1.07. The average Bonchev–Trinajstić information content (AvgIpc) is 3.05.